The van der Waals surface area contributed by atoms with Crippen LogP contribution in [0, 0.1) is 6.92 Å². The Morgan fingerprint density at radius 1 is 1.56 bits per heavy atom. The van der Waals surface area contributed by atoms with Crippen molar-refractivity contribution in [1.82, 2.24) is 10.2 Å². The van der Waals surface area contributed by atoms with Gasteiger partial charge in [0, 0.05) is 31.6 Å². The van der Waals surface area contributed by atoms with Crippen LogP contribution in [0.1, 0.15) is 28.3 Å². The van der Waals surface area contributed by atoms with Crippen LogP contribution in [0.4, 0.5) is 0 Å². The number of carbonyl (C=O) groups is 2. The highest BCUT2D eigenvalue weighted by atomic mass is 16.4. The number of carboxylic acids is 1. The molecule has 0 spiro atoms. The summed E-state index contributed by atoms with van der Waals surface area (Å²) in [7, 11) is 0. The zero-order valence-corrected chi connectivity index (χ0v) is 10.2. The van der Waals surface area contributed by atoms with E-state index in [2.05, 4.69) is 10.2 Å². The topological polar surface area (TPSA) is 82.8 Å². The molecule has 0 bridgehead atoms. The van der Waals surface area contributed by atoms with E-state index in [0.717, 1.165) is 6.54 Å². The molecule has 2 N–H and O–H groups in total. The molecule has 0 aromatic carbocycles. The van der Waals surface area contributed by atoms with Crippen LogP contribution in [0.3, 0.4) is 0 Å². The molecule has 0 unspecified atom stereocenters. The van der Waals surface area contributed by atoms with Crippen LogP contribution in [0.2, 0.25) is 0 Å². The summed E-state index contributed by atoms with van der Waals surface area (Å²) < 4.78 is 5.30. The fourth-order valence-corrected chi connectivity index (χ4v) is 2.03. The van der Waals surface area contributed by atoms with Crippen molar-refractivity contribution < 1.29 is 19.1 Å². The molecule has 0 aliphatic carbocycles. The van der Waals surface area contributed by atoms with Crippen molar-refractivity contribution in [3.63, 3.8) is 0 Å². The summed E-state index contributed by atoms with van der Waals surface area (Å²) in [5, 5.41) is 11.7. The number of amides is 1. The van der Waals surface area contributed by atoms with Crippen molar-refractivity contribution in [3.8, 4) is 0 Å². The van der Waals surface area contributed by atoms with Crippen LogP contribution in [-0.2, 0) is 11.3 Å². The van der Waals surface area contributed by atoms with Crippen LogP contribution < -0.4 is 5.32 Å². The Balaban J connectivity index is 2.02. The van der Waals surface area contributed by atoms with Crippen LogP contribution in [0.5, 0.6) is 0 Å². The smallest absolute Gasteiger partial charge is 0.372 e. The van der Waals surface area contributed by atoms with E-state index in [1.807, 2.05) is 0 Å². The lowest BCUT2D eigenvalue weighted by Gasteiger charge is -2.16. The van der Waals surface area contributed by atoms with Crippen molar-refractivity contribution in [1.29, 1.82) is 0 Å². The maximum Gasteiger partial charge on any atom is 0.372 e. The molecule has 18 heavy (non-hydrogen) atoms. The van der Waals surface area contributed by atoms with E-state index < -0.39 is 5.97 Å². The highest BCUT2D eigenvalue weighted by molar-refractivity contribution is 5.86. The van der Waals surface area contributed by atoms with Crippen LogP contribution in [0.15, 0.2) is 10.5 Å². The quantitative estimate of drug-likeness (QED) is 0.823. The summed E-state index contributed by atoms with van der Waals surface area (Å²) in [5.74, 6) is -0.376. The zero-order chi connectivity index (χ0) is 13.1. The van der Waals surface area contributed by atoms with Crippen molar-refractivity contribution in [3.05, 3.63) is 23.2 Å². The van der Waals surface area contributed by atoms with Gasteiger partial charge in [-0.3, -0.25) is 9.69 Å². The Morgan fingerprint density at radius 2 is 2.33 bits per heavy atom. The van der Waals surface area contributed by atoms with Gasteiger partial charge in [0.15, 0.2) is 0 Å². The highest BCUT2D eigenvalue weighted by Crippen LogP contribution is 2.16. The summed E-state index contributed by atoms with van der Waals surface area (Å²) in [5.41, 5.74) is 0.626. The minimum absolute atomic E-state index is 0.00553. The maximum absolute atomic E-state index is 11.2. The van der Waals surface area contributed by atoms with Crippen molar-refractivity contribution in [2.24, 2.45) is 0 Å². The van der Waals surface area contributed by atoms with Crippen molar-refractivity contribution >= 4 is 11.9 Å². The first kappa shape index (κ1) is 12.6. The molecular weight excluding hydrogens is 236 g/mol. The van der Waals surface area contributed by atoms with Gasteiger partial charge in [-0.15, -0.1) is 0 Å². The average Bonchev–Trinajstić information content (AvgIpc) is 2.54. The predicted molar refractivity (Wildman–Crippen MR) is 63.3 cm³/mol. The monoisotopic (exact) mass is 252 g/mol. The minimum atomic E-state index is -1.05. The van der Waals surface area contributed by atoms with E-state index >= 15 is 0 Å². The lowest BCUT2D eigenvalue weighted by Crippen LogP contribution is -2.28. The molecule has 1 amide bonds. The number of furan rings is 1. The SMILES string of the molecule is Cc1cc(CN2CCNC(=O)CC2)oc1C(=O)O. The van der Waals surface area contributed by atoms with Crippen molar-refractivity contribution in [2.45, 2.75) is 19.9 Å². The molecule has 1 aliphatic rings. The number of aromatic carboxylic acids is 1. The van der Waals surface area contributed by atoms with Crippen LogP contribution in [-0.4, -0.2) is 41.5 Å². The molecule has 6 heteroatoms. The summed E-state index contributed by atoms with van der Waals surface area (Å²) in [6.07, 6.45) is 0.464. The molecule has 0 saturated carbocycles. The molecule has 6 nitrogen and oxygen atoms in total. The molecule has 98 valence electrons. The van der Waals surface area contributed by atoms with Gasteiger partial charge in [-0.1, -0.05) is 0 Å². The van der Waals surface area contributed by atoms with E-state index in [1.54, 1.807) is 13.0 Å². The van der Waals surface area contributed by atoms with E-state index in [-0.39, 0.29) is 11.7 Å². The molecule has 0 radical (unpaired) electrons. The van der Waals surface area contributed by atoms with Gasteiger partial charge in [0.05, 0.1) is 6.54 Å². The first-order chi connectivity index (χ1) is 8.56. The first-order valence-electron chi connectivity index (χ1n) is 5.88. The molecule has 0 atom stereocenters. The molecule has 1 aliphatic heterocycles. The number of nitrogens with zero attached hydrogens (tertiary/aromatic N) is 1. The maximum atomic E-state index is 11.2. The van der Waals surface area contributed by atoms with Crippen LogP contribution in [0.25, 0.3) is 0 Å². The predicted octanol–water partition coefficient (Wildman–Crippen LogP) is 0.608. The minimum Gasteiger partial charge on any atom is -0.475 e. The highest BCUT2D eigenvalue weighted by Gasteiger charge is 2.18. The van der Waals surface area contributed by atoms with E-state index in [4.69, 9.17) is 9.52 Å². The Morgan fingerprint density at radius 3 is 3.00 bits per heavy atom. The Hall–Kier alpha value is -1.82. The lowest BCUT2D eigenvalue weighted by atomic mass is 10.2. The van der Waals surface area contributed by atoms with Gasteiger partial charge in [0.25, 0.3) is 0 Å². The molecule has 2 heterocycles. The Labute approximate surface area is 105 Å². The number of hydrogen-bond donors (Lipinski definition) is 2. The number of nitrogens with one attached hydrogen (secondary N) is 1. The third-order valence-corrected chi connectivity index (χ3v) is 2.95. The third kappa shape index (κ3) is 2.89. The summed E-state index contributed by atoms with van der Waals surface area (Å²) in [6, 6.07) is 1.74. The zero-order valence-electron chi connectivity index (χ0n) is 10.2. The van der Waals surface area contributed by atoms with Gasteiger partial charge < -0.3 is 14.8 Å². The van der Waals surface area contributed by atoms with Gasteiger partial charge in [-0.05, 0) is 13.0 Å². The van der Waals surface area contributed by atoms with Crippen molar-refractivity contribution in [2.75, 3.05) is 19.6 Å². The second-order valence-electron chi connectivity index (χ2n) is 4.41. The van der Waals surface area contributed by atoms with E-state index in [1.165, 1.54) is 0 Å². The van der Waals surface area contributed by atoms with Gasteiger partial charge in [-0.25, -0.2) is 4.79 Å². The molecule has 1 fully saturated rings. The fourth-order valence-electron chi connectivity index (χ4n) is 2.03. The van der Waals surface area contributed by atoms with Gasteiger partial charge in [-0.2, -0.15) is 0 Å². The summed E-state index contributed by atoms with van der Waals surface area (Å²) >= 11 is 0. The summed E-state index contributed by atoms with van der Waals surface area (Å²) in [6.45, 7) is 4.26. The number of carboxylic acid groups (broad SMARTS) is 1. The second kappa shape index (κ2) is 5.22. The number of hydrogen-bond acceptors (Lipinski definition) is 4. The first-order valence-corrected chi connectivity index (χ1v) is 5.88. The number of aryl methyl sites for hydroxylation is 1. The standard InChI is InChI=1S/C12H16N2O4/c1-8-6-9(18-11(8)12(16)17)7-14-4-2-10(15)13-3-5-14/h6H,2-5,7H2,1H3,(H,13,15)(H,16,17). The summed E-state index contributed by atoms with van der Waals surface area (Å²) in [4.78, 5) is 24.1. The number of rotatable bonds is 3. The van der Waals surface area contributed by atoms with Crippen LogP contribution >= 0.6 is 0 Å². The molecule has 2 rings (SSSR count). The average molecular weight is 252 g/mol. The lowest BCUT2D eigenvalue weighted by molar-refractivity contribution is -0.120. The largest absolute Gasteiger partial charge is 0.475 e. The van der Waals surface area contributed by atoms with Gasteiger partial charge >= 0.3 is 5.97 Å². The van der Waals surface area contributed by atoms with Gasteiger partial charge in [0.1, 0.15) is 5.76 Å². The molecule has 1 saturated heterocycles. The normalized spacial score (nSPS) is 17.3. The van der Waals surface area contributed by atoms with E-state index in [0.29, 0.717) is 37.4 Å². The second-order valence-corrected chi connectivity index (χ2v) is 4.41. The Kier molecular flexibility index (Phi) is 3.66. The molecular formula is C12H16N2O4. The molecule has 1 aromatic heterocycles. The third-order valence-electron chi connectivity index (χ3n) is 2.95. The molecule has 1 aromatic rings. The van der Waals surface area contributed by atoms with E-state index in [9.17, 15) is 9.59 Å². The number of carbonyl (C=O) groups excluding carboxylic acids is 1. The fraction of sp³-hybridized carbons (Fsp3) is 0.500. The Bertz CT molecular complexity index is 467. The van der Waals surface area contributed by atoms with Gasteiger partial charge in [0.2, 0.25) is 11.7 Å².